The summed E-state index contributed by atoms with van der Waals surface area (Å²) in [5.74, 6) is 1.26. The second-order valence-corrected chi connectivity index (χ2v) is 11.8. The van der Waals surface area contributed by atoms with Crippen molar-refractivity contribution >= 4 is 27.5 Å². The predicted molar refractivity (Wildman–Crippen MR) is 154 cm³/mol. The average Bonchev–Trinajstić information content (AvgIpc) is 2.94. The predicted octanol–water partition coefficient (Wildman–Crippen LogP) is 3.73. The highest BCUT2D eigenvalue weighted by Crippen LogP contribution is 2.34. The highest BCUT2D eigenvalue weighted by molar-refractivity contribution is 7.92. The van der Waals surface area contributed by atoms with E-state index in [1.807, 2.05) is 45.0 Å². The number of fused-ring (bicyclic) bond motifs is 1. The van der Waals surface area contributed by atoms with Gasteiger partial charge in [-0.2, -0.15) is 0 Å². The average molecular weight is 576 g/mol. The molecule has 0 saturated heterocycles. The van der Waals surface area contributed by atoms with Crippen LogP contribution >= 0.6 is 0 Å². The van der Waals surface area contributed by atoms with Gasteiger partial charge in [0.2, 0.25) is 21.8 Å². The minimum Gasteiger partial charge on any atom is -0.497 e. The van der Waals surface area contributed by atoms with Crippen LogP contribution in [0.1, 0.15) is 52.0 Å². The third kappa shape index (κ3) is 8.27. The topological polar surface area (TPSA) is 114 Å². The second kappa shape index (κ2) is 14.2. The summed E-state index contributed by atoms with van der Waals surface area (Å²) in [5.41, 5.74) is 1.27. The van der Waals surface area contributed by atoms with Gasteiger partial charge < -0.3 is 24.4 Å². The van der Waals surface area contributed by atoms with E-state index >= 15 is 0 Å². The molecule has 2 atom stereocenters. The van der Waals surface area contributed by atoms with Gasteiger partial charge >= 0.3 is 0 Å². The molecule has 2 aromatic rings. The number of ether oxygens (including phenoxy) is 3. The maximum atomic E-state index is 13.6. The Kier molecular flexibility index (Phi) is 11.1. The normalized spacial score (nSPS) is 14.1. The maximum absolute atomic E-state index is 13.6. The molecule has 1 aliphatic rings. The number of methoxy groups -OCH3 is 1. The number of amides is 2. The fourth-order valence-electron chi connectivity index (χ4n) is 4.52. The lowest BCUT2D eigenvalue weighted by molar-refractivity contribution is -0.141. The van der Waals surface area contributed by atoms with Crippen molar-refractivity contribution in [1.82, 2.24) is 10.2 Å². The van der Waals surface area contributed by atoms with Crippen molar-refractivity contribution in [2.45, 2.75) is 65.1 Å². The lowest BCUT2D eigenvalue weighted by Crippen LogP contribution is -2.50. The molecule has 2 amide bonds. The molecule has 0 fully saturated rings. The van der Waals surface area contributed by atoms with Gasteiger partial charge in [-0.3, -0.25) is 13.9 Å². The SMILES string of the molecule is CC[C@@H](C)NC(=O)[C@H](CC)N(Cc1cccc(OC)c1)C(=O)CCCN(c1ccc2c(c1)OCCO2)S(C)(=O)=O. The molecule has 1 heterocycles. The highest BCUT2D eigenvalue weighted by atomic mass is 32.2. The molecule has 1 N–H and O–H groups in total. The van der Waals surface area contributed by atoms with Crippen LogP contribution in [0.5, 0.6) is 17.2 Å². The van der Waals surface area contributed by atoms with Crippen LogP contribution in [0.4, 0.5) is 5.69 Å². The van der Waals surface area contributed by atoms with Crippen LogP contribution in [0.15, 0.2) is 42.5 Å². The number of carbonyl (C=O) groups is 2. The number of hydrogen-bond donors (Lipinski definition) is 1. The van der Waals surface area contributed by atoms with Crippen LogP contribution in [-0.4, -0.2) is 70.3 Å². The third-order valence-corrected chi connectivity index (χ3v) is 8.03. The third-order valence-electron chi connectivity index (χ3n) is 6.84. The van der Waals surface area contributed by atoms with E-state index in [0.29, 0.717) is 42.6 Å². The van der Waals surface area contributed by atoms with Crippen molar-refractivity contribution in [2.24, 2.45) is 0 Å². The molecule has 0 bridgehead atoms. The van der Waals surface area contributed by atoms with E-state index in [-0.39, 0.29) is 43.8 Å². The molecule has 3 rings (SSSR count). The van der Waals surface area contributed by atoms with Gasteiger partial charge in [0.25, 0.3) is 0 Å². The van der Waals surface area contributed by atoms with Crippen LogP contribution in [0.25, 0.3) is 0 Å². The molecular weight excluding hydrogens is 534 g/mol. The lowest BCUT2D eigenvalue weighted by atomic mass is 10.1. The molecule has 0 aromatic heterocycles. The van der Waals surface area contributed by atoms with E-state index in [9.17, 15) is 18.0 Å². The molecule has 11 heteroatoms. The molecule has 0 aliphatic carbocycles. The van der Waals surface area contributed by atoms with Crippen molar-refractivity contribution in [3.8, 4) is 17.2 Å². The molecule has 40 heavy (non-hydrogen) atoms. The number of nitrogens with zero attached hydrogens (tertiary/aromatic N) is 2. The number of sulfonamides is 1. The van der Waals surface area contributed by atoms with Gasteiger partial charge in [0.05, 0.1) is 19.1 Å². The Labute approximate surface area is 237 Å². The maximum Gasteiger partial charge on any atom is 0.243 e. The molecule has 0 radical (unpaired) electrons. The Balaban J connectivity index is 1.79. The number of hydrogen-bond acceptors (Lipinski definition) is 7. The second-order valence-electron chi connectivity index (χ2n) is 9.88. The van der Waals surface area contributed by atoms with Gasteiger partial charge in [0.1, 0.15) is 25.0 Å². The van der Waals surface area contributed by atoms with E-state index in [1.54, 1.807) is 30.2 Å². The summed E-state index contributed by atoms with van der Waals surface area (Å²) in [6, 6.07) is 11.7. The Bertz CT molecular complexity index is 1270. The van der Waals surface area contributed by atoms with Gasteiger partial charge in [0, 0.05) is 31.6 Å². The molecule has 0 spiro atoms. The van der Waals surface area contributed by atoms with Gasteiger partial charge in [-0.25, -0.2) is 8.42 Å². The zero-order chi connectivity index (χ0) is 29.3. The molecule has 220 valence electrons. The van der Waals surface area contributed by atoms with Crippen LogP contribution in [0, 0.1) is 0 Å². The highest BCUT2D eigenvalue weighted by Gasteiger charge is 2.29. The fraction of sp³-hybridized carbons (Fsp3) is 0.517. The minimum atomic E-state index is -3.64. The molecule has 10 nitrogen and oxygen atoms in total. The Morgan fingerprint density at radius 1 is 1.05 bits per heavy atom. The Morgan fingerprint density at radius 2 is 1.77 bits per heavy atom. The summed E-state index contributed by atoms with van der Waals surface area (Å²) < 4.78 is 43.1. The van der Waals surface area contributed by atoms with E-state index in [1.165, 1.54) is 4.31 Å². The first-order chi connectivity index (χ1) is 19.1. The van der Waals surface area contributed by atoms with E-state index < -0.39 is 16.1 Å². The standard InChI is InChI=1S/C29H41N3O7S/c1-6-21(3)30-29(34)25(7-2)31(20-22-10-8-11-24(18-22)37-4)28(33)12-9-15-32(40(5,35)36)23-13-14-26-27(19-23)39-17-16-38-26/h8,10-11,13-14,18-19,21,25H,6-7,9,12,15-17,20H2,1-5H3,(H,30,34)/t21-,25+/m1/s1. The lowest BCUT2D eigenvalue weighted by Gasteiger charge is -2.32. The van der Waals surface area contributed by atoms with Crippen LogP contribution in [-0.2, 0) is 26.2 Å². The van der Waals surface area contributed by atoms with Crippen molar-refractivity contribution in [2.75, 3.05) is 37.4 Å². The van der Waals surface area contributed by atoms with Gasteiger partial charge in [0.15, 0.2) is 11.5 Å². The summed E-state index contributed by atoms with van der Waals surface area (Å²) in [7, 11) is -2.06. The van der Waals surface area contributed by atoms with Crippen LogP contribution < -0.4 is 23.8 Å². The summed E-state index contributed by atoms with van der Waals surface area (Å²) >= 11 is 0. The zero-order valence-electron chi connectivity index (χ0n) is 24.0. The summed E-state index contributed by atoms with van der Waals surface area (Å²) in [4.78, 5) is 28.4. The van der Waals surface area contributed by atoms with E-state index in [0.717, 1.165) is 18.2 Å². The zero-order valence-corrected chi connectivity index (χ0v) is 24.8. The summed E-state index contributed by atoms with van der Waals surface area (Å²) in [6.07, 6.45) is 2.66. The molecule has 0 unspecified atom stereocenters. The van der Waals surface area contributed by atoms with Crippen molar-refractivity contribution in [3.63, 3.8) is 0 Å². The van der Waals surface area contributed by atoms with Crippen molar-refractivity contribution in [3.05, 3.63) is 48.0 Å². The largest absolute Gasteiger partial charge is 0.497 e. The summed E-state index contributed by atoms with van der Waals surface area (Å²) in [6.45, 7) is 6.92. The number of carbonyl (C=O) groups excluding carboxylic acids is 2. The van der Waals surface area contributed by atoms with Crippen LogP contribution in [0.3, 0.4) is 0 Å². The Morgan fingerprint density at radius 3 is 2.42 bits per heavy atom. The monoisotopic (exact) mass is 575 g/mol. The smallest absolute Gasteiger partial charge is 0.243 e. The molecule has 2 aromatic carbocycles. The first kappa shape index (κ1) is 31.1. The molecule has 1 aliphatic heterocycles. The number of rotatable bonds is 14. The van der Waals surface area contributed by atoms with Crippen molar-refractivity contribution in [1.29, 1.82) is 0 Å². The van der Waals surface area contributed by atoms with E-state index in [4.69, 9.17) is 14.2 Å². The van der Waals surface area contributed by atoms with Gasteiger partial charge in [-0.05, 0) is 56.0 Å². The summed E-state index contributed by atoms with van der Waals surface area (Å²) in [5, 5.41) is 3.00. The fourth-order valence-corrected chi connectivity index (χ4v) is 5.48. The molecular formula is C29H41N3O7S. The number of benzene rings is 2. The number of anilines is 1. The molecule has 0 saturated carbocycles. The number of nitrogens with one attached hydrogen (secondary N) is 1. The van der Waals surface area contributed by atoms with Gasteiger partial charge in [-0.1, -0.05) is 26.0 Å². The minimum absolute atomic E-state index is 0.0235. The Hall–Kier alpha value is -3.47. The first-order valence-electron chi connectivity index (χ1n) is 13.7. The quantitative estimate of drug-likeness (QED) is 0.365. The first-order valence-corrected chi connectivity index (χ1v) is 15.5. The van der Waals surface area contributed by atoms with Crippen LogP contribution in [0.2, 0.25) is 0 Å². The van der Waals surface area contributed by atoms with Crippen molar-refractivity contribution < 1.29 is 32.2 Å². The van der Waals surface area contributed by atoms with E-state index in [2.05, 4.69) is 5.32 Å². The van der Waals surface area contributed by atoms with Gasteiger partial charge in [-0.15, -0.1) is 0 Å².